The smallest absolute Gasteiger partial charge is 0.501 e. The van der Waals surface area contributed by atoms with Crippen molar-refractivity contribution in [3.8, 4) is 0 Å². The van der Waals surface area contributed by atoms with Gasteiger partial charge in [-0.15, -0.1) is 0 Å². The SMILES string of the molecule is CCCCCCCCCCCCCCCCCC[N+](C)(C)CCC[Si](OCC1OC(O)C(O)C1O)(OCC1OC(O)C(O)C1O)OCC1OC(O)C(O)C1O.[Cl-]. The van der Waals surface area contributed by atoms with Crippen molar-refractivity contribution in [3.63, 3.8) is 0 Å². The van der Waals surface area contributed by atoms with Crippen molar-refractivity contribution in [2.45, 2.75) is 196 Å². The van der Waals surface area contributed by atoms with Crippen molar-refractivity contribution >= 4 is 8.80 Å². The van der Waals surface area contributed by atoms with Crippen LogP contribution in [0.5, 0.6) is 0 Å². The number of rotatable bonds is 30. The van der Waals surface area contributed by atoms with Crippen LogP contribution in [-0.4, -0.2) is 180 Å². The first-order valence-corrected chi connectivity index (χ1v) is 23.0. The molecule has 0 aromatic heterocycles. The highest BCUT2D eigenvalue weighted by Crippen LogP contribution is 2.29. The quantitative estimate of drug-likeness (QED) is 0.0217. The molecule has 0 amide bonds. The molecule has 0 saturated carbocycles. The lowest BCUT2D eigenvalue weighted by atomic mass is 10.0. The normalized spacial score (nSPS) is 33.2. The van der Waals surface area contributed by atoms with E-state index in [1.807, 2.05) is 0 Å². The van der Waals surface area contributed by atoms with Gasteiger partial charge in [-0.05, 0) is 12.8 Å². The molecule has 3 fully saturated rings. The predicted molar refractivity (Wildman–Crippen MR) is 203 cm³/mol. The molecule has 0 aliphatic carbocycles. The van der Waals surface area contributed by atoms with Gasteiger partial charge in [-0.25, -0.2) is 0 Å². The number of unbranched alkanes of at least 4 members (excludes halogenated alkanes) is 15. The number of nitrogens with zero attached hydrogens (tertiary/aromatic N) is 1. The summed E-state index contributed by atoms with van der Waals surface area (Å²) in [5.41, 5.74) is 0. The van der Waals surface area contributed by atoms with E-state index in [1.54, 1.807) is 0 Å². The first kappa shape index (κ1) is 52.0. The summed E-state index contributed by atoms with van der Waals surface area (Å²) in [6.07, 6.45) is 3.90. The molecule has 9 N–H and O–H groups in total. The predicted octanol–water partition coefficient (Wildman–Crippen LogP) is -1.98. The molecule has 56 heavy (non-hydrogen) atoms. The summed E-state index contributed by atoms with van der Waals surface area (Å²) >= 11 is 0. The zero-order valence-electron chi connectivity index (χ0n) is 34.0. The van der Waals surface area contributed by atoms with Gasteiger partial charge in [0.25, 0.3) is 0 Å². The molecule has 0 spiro atoms. The Morgan fingerprint density at radius 1 is 0.429 bits per heavy atom. The Bertz CT molecular complexity index is 947. The van der Waals surface area contributed by atoms with Gasteiger partial charge in [-0.1, -0.05) is 96.8 Å². The fraction of sp³-hybridized carbons (Fsp3) is 1.00. The molecule has 3 saturated heterocycles. The van der Waals surface area contributed by atoms with E-state index in [4.69, 9.17) is 27.5 Å². The Morgan fingerprint density at radius 3 is 1.00 bits per heavy atom. The number of quaternary nitrogens is 1. The fourth-order valence-corrected chi connectivity index (χ4v) is 10.0. The van der Waals surface area contributed by atoms with Gasteiger partial charge in [-0.3, -0.25) is 0 Å². The monoisotopic (exact) mass is 849 g/mol. The summed E-state index contributed by atoms with van der Waals surface area (Å²) in [7, 11) is 0.308. The van der Waals surface area contributed by atoms with Crippen molar-refractivity contribution in [2.75, 3.05) is 47.0 Å². The van der Waals surface area contributed by atoms with Gasteiger partial charge in [0.1, 0.15) is 54.9 Å². The molecule has 334 valence electrons. The van der Waals surface area contributed by atoms with Crippen LogP contribution in [0.2, 0.25) is 6.04 Å². The Balaban J connectivity index is 0.0000108. The average molecular weight is 851 g/mol. The maximum Gasteiger partial charge on any atom is 0.501 e. The average Bonchev–Trinajstić information content (AvgIpc) is 3.66. The third-order valence-electron chi connectivity index (χ3n) is 11.3. The molecule has 16 nitrogen and oxygen atoms in total. The minimum Gasteiger partial charge on any atom is -1.00 e. The molecule has 12 atom stereocenters. The second kappa shape index (κ2) is 26.9. The summed E-state index contributed by atoms with van der Waals surface area (Å²) in [6.45, 7) is 2.77. The molecule has 0 aromatic rings. The van der Waals surface area contributed by atoms with Gasteiger partial charge >= 0.3 is 8.80 Å². The molecular formula is C38H76ClNO15Si. The van der Waals surface area contributed by atoms with Crippen molar-refractivity contribution in [1.82, 2.24) is 0 Å². The zero-order chi connectivity index (χ0) is 40.4. The Hall–Kier alpha value is -0.133. The molecule has 18 heteroatoms. The third kappa shape index (κ3) is 17.5. The van der Waals surface area contributed by atoms with E-state index in [0.29, 0.717) is 17.4 Å². The maximum atomic E-state index is 10.4. The maximum absolute atomic E-state index is 10.4. The summed E-state index contributed by atoms with van der Waals surface area (Å²) in [4.78, 5) is 0. The first-order valence-electron chi connectivity index (χ1n) is 21.0. The van der Waals surface area contributed by atoms with Gasteiger partial charge in [0.2, 0.25) is 0 Å². The highest BCUT2D eigenvalue weighted by Gasteiger charge is 2.51. The Labute approximate surface area is 341 Å². The van der Waals surface area contributed by atoms with Crippen LogP contribution in [-0.2, 0) is 27.5 Å². The highest BCUT2D eigenvalue weighted by atomic mass is 35.5. The highest BCUT2D eigenvalue weighted by molar-refractivity contribution is 6.60. The van der Waals surface area contributed by atoms with E-state index in [9.17, 15) is 46.0 Å². The van der Waals surface area contributed by atoms with Gasteiger partial charge in [-0.2, -0.15) is 0 Å². The Morgan fingerprint density at radius 2 is 0.714 bits per heavy atom. The van der Waals surface area contributed by atoms with Crippen LogP contribution in [0, 0.1) is 0 Å². The number of halogens is 1. The van der Waals surface area contributed by atoms with Crippen molar-refractivity contribution < 1.29 is 90.3 Å². The lowest BCUT2D eigenvalue weighted by molar-refractivity contribution is -0.890. The van der Waals surface area contributed by atoms with Crippen LogP contribution >= 0.6 is 0 Å². The second-order valence-corrected chi connectivity index (χ2v) is 19.3. The molecule has 3 aliphatic heterocycles. The molecule has 3 aliphatic rings. The van der Waals surface area contributed by atoms with E-state index in [2.05, 4.69) is 21.0 Å². The zero-order valence-corrected chi connectivity index (χ0v) is 35.7. The largest absolute Gasteiger partial charge is 1.00 e. The van der Waals surface area contributed by atoms with E-state index in [1.165, 1.54) is 89.9 Å². The number of ether oxygens (including phenoxy) is 3. The number of hydrogen-bond acceptors (Lipinski definition) is 15. The lowest BCUT2D eigenvalue weighted by Crippen LogP contribution is -3.00. The van der Waals surface area contributed by atoms with Crippen LogP contribution < -0.4 is 12.4 Å². The van der Waals surface area contributed by atoms with Crippen molar-refractivity contribution in [3.05, 3.63) is 0 Å². The van der Waals surface area contributed by atoms with E-state index in [-0.39, 0.29) is 38.3 Å². The number of hydrogen-bond donors (Lipinski definition) is 9. The molecule has 3 rings (SSSR count). The summed E-state index contributed by atoms with van der Waals surface area (Å²) in [6, 6.07) is 0.184. The van der Waals surface area contributed by atoms with Gasteiger partial charge in [0.05, 0.1) is 47.0 Å². The summed E-state index contributed by atoms with van der Waals surface area (Å²) in [5, 5.41) is 91.2. The molecule has 0 bridgehead atoms. The fourth-order valence-electron chi connectivity index (χ4n) is 7.49. The third-order valence-corrected chi connectivity index (χ3v) is 14.1. The number of aliphatic hydroxyl groups excluding tert-OH is 9. The molecule has 0 aromatic carbocycles. The van der Waals surface area contributed by atoms with Gasteiger partial charge in [0, 0.05) is 12.5 Å². The van der Waals surface area contributed by atoms with E-state index in [0.717, 1.165) is 19.4 Å². The summed E-state index contributed by atoms with van der Waals surface area (Å²) in [5.74, 6) is 0. The molecule has 0 radical (unpaired) electrons. The minimum absolute atomic E-state index is 0. The minimum atomic E-state index is -3.97. The van der Waals surface area contributed by atoms with Crippen LogP contribution in [0.25, 0.3) is 0 Å². The Kier molecular flexibility index (Phi) is 25.0. The standard InChI is InChI=1S/C38H76NO15Si.ClH/c1-4-5-6-7-8-9-10-11-12-13-14-15-16-17-18-19-21-39(2,3)22-20-23-55(49-24-27-30(40)33(43)36(46)52-27,50-25-28-31(41)34(44)37(47)53-28)51-26-29-32(42)35(45)38(48)54-29;/h27-38,40-48H,4-26H2,1-3H3;1H/q+1;/p-1. The van der Waals surface area contributed by atoms with Gasteiger partial charge in [0.15, 0.2) is 18.9 Å². The molecule has 3 heterocycles. The molecule has 12 unspecified atom stereocenters. The summed E-state index contributed by atoms with van der Waals surface area (Å²) < 4.78 is 35.3. The van der Waals surface area contributed by atoms with Crippen LogP contribution in [0.3, 0.4) is 0 Å². The van der Waals surface area contributed by atoms with Gasteiger partial charge < -0.3 is 90.3 Å². The second-order valence-electron chi connectivity index (χ2n) is 16.5. The van der Waals surface area contributed by atoms with Crippen LogP contribution in [0.1, 0.15) is 116 Å². The van der Waals surface area contributed by atoms with Crippen molar-refractivity contribution in [2.24, 2.45) is 0 Å². The number of aliphatic hydroxyl groups is 9. The first-order chi connectivity index (χ1) is 26.2. The topological polar surface area (TPSA) is 237 Å². The van der Waals surface area contributed by atoms with Crippen LogP contribution in [0.4, 0.5) is 0 Å². The molecular weight excluding hydrogens is 774 g/mol. The van der Waals surface area contributed by atoms with Crippen molar-refractivity contribution in [1.29, 1.82) is 0 Å². The lowest BCUT2D eigenvalue weighted by Gasteiger charge is -2.35. The van der Waals surface area contributed by atoms with E-state index >= 15 is 0 Å². The van der Waals surface area contributed by atoms with E-state index < -0.39 is 82.6 Å². The van der Waals surface area contributed by atoms with Crippen LogP contribution in [0.15, 0.2) is 0 Å².